The highest BCUT2D eigenvalue weighted by molar-refractivity contribution is 6.05. The van der Waals surface area contributed by atoms with Crippen LogP contribution < -0.4 is 21.3 Å². The Hall–Kier alpha value is -4.51. The fourth-order valence-corrected chi connectivity index (χ4v) is 4.96. The number of fused-ring (bicyclic) bond motifs is 1. The second-order valence-electron chi connectivity index (χ2n) is 9.97. The smallest absolute Gasteiger partial charge is 0.351 e. The van der Waals surface area contributed by atoms with Gasteiger partial charge in [-0.05, 0) is 64.7 Å². The molecule has 2 unspecified atom stereocenters. The Balaban J connectivity index is 1.85. The molecule has 0 saturated carbocycles. The van der Waals surface area contributed by atoms with Crippen molar-refractivity contribution in [2.24, 2.45) is 10.9 Å². The molecule has 216 valence electrons. The summed E-state index contributed by atoms with van der Waals surface area (Å²) in [5.74, 6) is -1.17. The van der Waals surface area contributed by atoms with Crippen molar-refractivity contribution in [1.82, 2.24) is 19.9 Å². The lowest BCUT2D eigenvalue weighted by Gasteiger charge is -2.33. The number of rotatable bonds is 11. The van der Waals surface area contributed by atoms with Crippen LogP contribution in [-0.4, -0.2) is 66.4 Å². The van der Waals surface area contributed by atoms with Gasteiger partial charge in [0.1, 0.15) is 17.5 Å². The molecule has 0 radical (unpaired) electrons. The van der Waals surface area contributed by atoms with Crippen LogP contribution in [0.1, 0.15) is 47.7 Å². The number of hydrogen-bond acceptors (Lipinski definition) is 9. The first-order valence-electron chi connectivity index (χ1n) is 13.5. The summed E-state index contributed by atoms with van der Waals surface area (Å²) in [6.07, 6.45) is 0.687. The van der Waals surface area contributed by atoms with Crippen molar-refractivity contribution in [3.05, 3.63) is 81.8 Å². The van der Waals surface area contributed by atoms with Gasteiger partial charge in [0, 0.05) is 29.3 Å². The Kier molecular flexibility index (Phi) is 9.51. The number of hydrogen-bond donors (Lipinski definition) is 2. The van der Waals surface area contributed by atoms with Gasteiger partial charge in [0.25, 0.3) is 5.91 Å². The second-order valence-corrected chi connectivity index (χ2v) is 9.97. The van der Waals surface area contributed by atoms with E-state index in [0.29, 0.717) is 41.4 Å². The lowest BCUT2D eigenvalue weighted by Crippen LogP contribution is -2.39. The average Bonchev–Trinajstić information content (AvgIpc) is 2.96. The molecule has 11 nitrogen and oxygen atoms in total. The van der Waals surface area contributed by atoms with Crippen molar-refractivity contribution in [1.29, 1.82) is 0 Å². The Bertz CT molecular complexity index is 1480. The number of ether oxygens (including phenoxy) is 2. The number of methoxy groups -OCH3 is 1. The van der Waals surface area contributed by atoms with Crippen LogP contribution >= 0.6 is 0 Å². The van der Waals surface area contributed by atoms with E-state index in [4.69, 9.17) is 14.5 Å². The van der Waals surface area contributed by atoms with E-state index in [0.717, 1.165) is 12.1 Å². The number of amides is 1. The first-order valence-corrected chi connectivity index (χ1v) is 13.5. The maximum atomic E-state index is 13.4. The van der Waals surface area contributed by atoms with Crippen molar-refractivity contribution in [2.45, 2.75) is 32.7 Å². The summed E-state index contributed by atoms with van der Waals surface area (Å²) in [6, 6.07) is 16.2. The second kappa shape index (κ2) is 13.2. The van der Waals surface area contributed by atoms with Crippen molar-refractivity contribution in [2.75, 3.05) is 39.8 Å². The summed E-state index contributed by atoms with van der Waals surface area (Å²) in [6.45, 7) is 4.87. The fraction of sp³-hybridized carbons (Fsp3) is 0.367. The van der Waals surface area contributed by atoms with Crippen molar-refractivity contribution >= 4 is 29.2 Å². The number of benzene rings is 2. The van der Waals surface area contributed by atoms with Crippen LogP contribution in [0.3, 0.4) is 0 Å². The molecule has 2 aromatic carbocycles. The number of aliphatic imine (C=N–C) groups is 1. The van der Waals surface area contributed by atoms with Crippen LogP contribution in [-0.2, 0) is 16.1 Å². The number of esters is 1. The third-order valence-corrected chi connectivity index (χ3v) is 6.88. The van der Waals surface area contributed by atoms with E-state index in [1.807, 2.05) is 49.3 Å². The summed E-state index contributed by atoms with van der Waals surface area (Å²) in [4.78, 5) is 50.9. The van der Waals surface area contributed by atoms with E-state index in [-0.39, 0.29) is 12.4 Å². The monoisotopic (exact) mass is 560 g/mol. The molecule has 1 aliphatic rings. The third-order valence-electron chi connectivity index (χ3n) is 6.88. The zero-order valence-corrected chi connectivity index (χ0v) is 24.0. The Morgan fingerprint density at radius 3 is 2.54 bits per heavy atom. The molecule has 1 aliphatic heterocycles. The molecule has 1 amide bonds. The van der Waals surface area contributed by atoms with Gasteiger partial charge in [0.15, 0.2) is 5.82 Å². The molecule has 0 aliphatic carbocycles. The molecule has 3 aromatic rings. The summed E-state index contributed by atoms with van der Waals surface area (Å²) in [5.41, 5.74) is 7.22. The van der Waals surface area contributed by atoms with E-state index < -0.39 is 29.4 Å². The van der Waals surface area contributed by atoms with Crippen LogP contribution in [0, 0.1) is 5.92 Å². The Labute approximate surface area is 239 Å². The minimum absolute atomic E-state index is 0.115. The molecule has 41 heavy (non-hydrogen) atoms. The van der Waals surface area contributed by atoms with Gasteiger partial charge in [0.2, 0.25) is 0 Å². The van der Waals surface area contributed by atoms with Gasteiger partial charge in [-0.2, -0.15) is 4.98 Å². The molecule has 1 aromatic heterocycles. The highest BCUT2D eigenvalue weighted by atomic mass is 16.5. The minimum atomic E-state index is -0.756. The van der Waals surface area contributed by atoms with Crippen LogP contribution in [0.4, 0.5) is 11.6 Å². The molecule has 2 N–H and O–H groups in total. The molecule has 2 heterocycles. The highest BCUT2D eigenvalue weighted by Gasteiger charge is 2.42. The van der Waals surface area contributed by atoms with Crippen molar-refractivity contribution in [3.63, 3.8) is 0 Å². The lowest BCUT2D eigenvalue weighted by atomic mass is 9.76. The van der Waals surface area contributed by atoms with Crippen LogP contribution in [0.5, 0.6) is 5.75 Å². The molecule has 0 fully saturated rings. The van der Waals surface area contributed by atoms with Gasteiger partial charge in [-0.1, -0.05) is 36.4 Å². The number of carbonyl (C=O) groups excluding carboxylic acids is 2. The Morgan fingerprint density at radius 1 is 1.10 bits per heavy atom. The number of anilines is 1. The van der Waals surface area contributed by atoms with Gasteiger partial charge >= 0.3 is 11.7 Å². The SMILES string of the molecule is CCOC(=O)C1C(C)=Nc2c(c(NNC(=O)c3cccc(OC)c3)nc(=O)n2CCCN(C)C)C1c1ccccc1. The zero-order valence-electron chi connectivity index (χ0n) is 24.0. The van der Waals surface area contributed by atoms with E-state index in [1.165, 1.54) is 11.7 Å². The third kappa shape index (κ3) is 6.63. The summed E-state index contributed by atoms with van der Waals surface area (Å²) in [5, 5.41) is 0. The molecule has 0 saturated heterocycles. The predicted molar refractivity (Wildman–Crippen MR) is 157 cm³/mol. The standard InChI is InChI=1S/C30H36N6O5/c1-6-41-29(38)23-19(2)31-27-25(24(23)20-12-8-7-9-13-20)26(32-30(39)36(27)17-11-16-35(3)4)33-34-28(37)21-14-10-15-22(18-21)40-5/h7-10,12-15,18,23-24H,6,11,16-17H2,1-5H3,(H,34,37)(H,32,33,39). The largest absolute Gasteiger partial charge is 0.497 e. The Morgan fingerprint density at radius 2 is 1.85 bits per heavy atom. The molecular formula is C30H36N6O5. The topological polar surface area (TPSA) is 127 Å². The van der Waals surface area contributed by atoms with Crippen LogP contribution in [0.15, 0.2) is 64.4 Å². The first-order chi connectivity index (χ1) is 19.7. The van der Waals surface area contributed by atoms with Crippen LogP contribution in [0.25, 0.3) is 0 Å². The minimum Gasteiger partial charge on any atom is -0.497 e. The fourth-order valence-electron chi connectivity index (χ4n) is 4.96. The molecule has 2 atom stereocenters. The van der Waals surface area contributed by atoms with E-state index in [2.05, 4.69) is 15.8 Å². The maximum absolute atomic E-state index is 13.4. The van der Waals surface area contributed by atoms with E-state index in [9.17, 15) is 14.4 Å². The summed E-state index contributed by atoms with van der Waals surface area (Å²) >= 11 is 0. The van der Waals surface area contributed by atoms with Gasteiger partial charge in [-0.3, -0.25) is 25.0 Å². The molecule has 0 spiro atoms. The average molecular weight is 561 g/mol. The zero-order chi connectivity index (χ0) is 29.5. The summed E-state index contributed by atoms with van der Waals surface area (Å²) in [7, 11) is 5.45. The number of aromatic nitrogens is 2. The normalized spacial score (nSPS) is 16.0. The number of hydrazine groups is 1. The molecule has 4 rings (SSSR count). The maximum Gasteiger partial charge on any atom is 0.351 e. The van der Waals surface area contributed by atoms with Crippen molar-refractivity contribution in [3.8, 4) is 5.75 Å². The lowest BCUT2D eigenvalue weighted by molar-refractivity contribution is -0.146. The predicted octanol–water partition coefficient (Wildman–Crippen LogP) is 3.38. The number of carbonyl (C=O) groups is 2. The number of nitrogens with one attached hydrogen (secondary N) is 2. The molecule has 11 heteroatoms. The van der Waals surface area contributed by atoms with Gasteiger partial charge in [-0.25, -0.2) is 9.79 Å². The summed E-state index contributed by atoms with van der Waals surface area (Å²) < 4.78 is 12.2. The first kappa shape index (κ1) is 29.5. The highest BCUT2D eigenvalue weighted by Crippen LogP contribution is 2.45. The van der Waals surface area contributed by atoms with Crippen molar-refractivity contribution < 1.29 is 19.1 Å². The van der Waals surface area contributed by atoms with Gasteiger partial charge in [-0.15, -0.1) is 0 Å². The number of nitrogens with zero attached hydrogens (tertiary/aromatic N) is 4. The van der Waals surface area contributed by atoms with E-state index in [1.54, 1.807) is 38.1 Å². The quantitative estimate of drug-likeness (QED) is 0.270. The molecular weight excluding hydrogens is 524 g/mol. The van der Waals surface area contributed by atoms with Gasteiger partial charge < -0.3 is 14.4 Å². The van der Waals surface area contributed by atoms with Crippen LogP contribution in [0.2, 0.25) is 0 Å². The van der Waals surface area contributed by atoms with Gasteiger partial charge in [0.05, 0.1) is 13.7 Å². The van der Waals surface area contributed by atoms with E-state index >= 15 is 0 Å². The molecule has 0 bridgehead atoms.